The first-order valence-electron chi connectivity index (χ1n) is 11.6. The smallest absolute Gasteiger partial charge is 0.790 e. The number of phosphoric acid groups is 3. The normalized spacial score (nSPS) is 25.9. The third-order valence-electron chi connectivity index (χ3n) is 6.20. The Labute approximate surface area is 393 Å². The molecule has 2 aliphatic heterocycles. The Morgan fingerprint density at radius 3 is 1.90 bits per heavy atom. The first-order chi connectivity index (χ1) is 21.2. The van der Waals surface area contributed by atoms with Crippen LogP contribution in [0.25, 0.3) is 11.2 Å². The number of nitrogen functional groups attached to an aromatic ring is 1. The van der Waals surface area contributed by atoms with Crippen molar-refractivity contribution in [3.63, 3.8) is 0 Å². The van der Waals surface area contributed by atoms with Crippen LogP contribution in [0.4, 0.5) is 5.82 Å². The first kappa shape index (κ1) is 52.2. The number of phosphoric ester groups is 1. The summed E-state index contributed by atoms with van der Waals surface area (Å²) in [7, 11) is -18.8. The molecular weight excluding hydrogens is 816 g/mol. The van der Waals surface area contributed by atoms with E-state index < -0.39 is 92.3 Å². The number of nitro groups is 2. The minimum atomic E-state index is -6.38. The van der Waals surface area contributed by atoms with Crippen LogP contribution >= 0.6 is 23.5 Å². The molecule has 27 nitrogen and oxygen atoms in total. The Bertz CT molecular complexity index is 1860. The second-order valence-corrected chi connectivity index (χ2v) is 13.2. The monoisotopic (exact) mass is 828 g/mol. The molecule has 1 aliphatic carbocycles. The number of ether oxygens (including phenoxy) is 3. The van der Waals surface area contributed by atoms with Crippen LogP contribution in [0.3, 0.4) is 0 Å². The van der Waals surface area contributed by atoms with E-state index in [-0.39, 0.29) is 165 Å². The fraction of sp³-hybridized carbons (Fsp3) is 0.375. The third-order valence-corrected chi connectivity index (χ3v) is 9.86. The fourth-order valence-electron chi connectivity index (χ4n) is 4.59. The van der Waals surface area contributed by atoms with Gasteiger partial charge in [-0.1, -0.05) is 0 Å². The van der Waals surface area contributed by atoms with Crippen LogP contribution < -0.4 is 173 Å². The summed E-state index contributed by atoms with van der Waals surface area (Å²) in [5.41, 5.74) is 1.90. The van der Waals surface area contributed by atoms with Crippen molar-refractivity contribution >= 4 is 46.2 Å². The number of hydrogen-bond donors (Lipinski definition) is 1. The molecule has 4 heterocycles. The number of imidazole rings is 1. The summed E-state index contributed by atoms with van der Waals surface area (Å²) in [6.45, 7) is -1.32. The molecule has 2 fully saturated rings. The number of rotatable bonds is 10. The molecule has 6 atom stereocenters. The predicted octanol–water partition coefficient (Wildman–Crippen LogP) is -18.6. The van der Waals surface area contributed by atoms with Gasteiger partial charge in [0.05, 0.1) is 42.8 Å². The van der Waals surface area contributed by atoms with Gasteiger partial charge >= 0.3 is 165 Å². The summed E-state index contributed by atoms with van der Waals surface area (Å²) in [5.74, 6) is -3.23. The Kier molecular flexibility index (Phi) is 20.0. The standard InChI is InChI=1S/C16H16N8O19P3.5Na/c17-13-10-14(19-4-18-13)21(5-20-10)15-12-11(7(39-15)3-38-45(34,35)43-46(36,37)42-44(31,32)33)40-16(41-12)8(23(27)28)1-6(22(25)26)2-9(16)24(29)30;;;;;/h1-2,4-5,7,11-12,15H,3H2,(H6-,17,18,19,25,26,31,32,33,34,35,36,37);;;;;/q-1;5*+1/p-4/t7-,11-,12-,15-;;;;;/m1...../s1. The molecular formula is C16H12N8Na5O19P3. The minimum absolute atomic E-state index is 0. The summed E-state index contributed by atoms with van der Waals surface area (Å²) in [6, 6.07) is 0. The van der Waals surface area contributed by atoms with Crippen LogP contribution in [0, 0.1) is 30.6 Å². The maximum absolute atomic E-state index is 12.2. The van der Waals surface area contributed by atoms with Gasteiger partial charge in [-0.3, -0.25) is 38.2 Å². The molecule has 2 aromatic rings. The average molecular weight is 828 g/mol. The van der Waals surface area contributed by atoms with Crippen LogP contribution in [0.5, 0.6) is 0 Å². The largest absolute Gasteiger partial charge is 1.00 e. The van der Waals surface area contributed by atoms with Crippen molar-refractivity contribution < 1.29 is 223 Å². The van der Waals surface area contributed by atoms with E-state index in [1.165, 1.54) is 0 Å². The first-order valence-corrected chi connectivity index (χ1v) is 16.0. The van der Waals surface area contributed by atoms with Crippen LogP contribution in [0.1, 0.15) is 6.23 Å². The number of allylic oxidation sites excluding steroid dienone is 2. The Hall–Kier alpha value is 1.19. The third kappa shape index (κ3) is 11.4. The van der Waals surface area contributed by atoms with Gasteiger partial charge in [-0.2, -0.15) is 4.90 Å². The van der Waals surface area contributed by atoms with Gasteiger partial charge in [0, 0.05) is 0 Å². The Morgan fingerprint density at radius 2 is 1.39 bits per heavy atom. The summed E-state index contributed by atoms with van der Waals surface area (Å²) < 4.78 is 63.5. The number of fused-ring (bicyclic) bond motifs is 2. The number of anilines is 1. The number of hydrogen-bond acceptors (Lipinski definition) is 23. The molecule has 2 aromatic heterocycles. The van der Waals surface area contributed by atoms with E-state index >= 15 is 0 Å². The predicted molar refractivity (Wildman–Crippen MR) is 129 cm³/mol. The molecule has 51 heavy (non-hydrogen) atoms. The minimum Gasteiger partial charge on any atom is -0.790 e. The molecule has 0 saturated carbocycles. The molecule has 2 saturated heterocycles. The summed E-state index contributed by atoms with van der Waals surface area (Å²) in [4.78, 5) is 77.0. The Balaban J connectivity index is 0.00000500. The summed E-state index contributed by atoms with van der Waals surface area (Å²) in [5, 5.41) is 46.8. The van der Waals surface area contributed by atoms with Gasteiger partial charge in [-0.05, 0) is 0 Å². The Morgan fingerprint density at radius 1 is 0.843 bits per heavy atom. The van der Waals surface area contributed by atoms with Gasteiger partial charge in [0.25, 0.3) is 15.6 Å². The molecule has 5 rings (SSSR count). The molecule has 1 spiro atoms. The van der Waals surface area contributed by atoms with Crippen molar-refractivity contribution in [2.75, 3.05) is 12.3 Å². The number of nitrogens with zero attached hydrogens (tertiary/aromatic N) is 7. The van der Waals surface area contributed by atoms with E-state index in [0.717, 1.165) is 17.2 Å². The number of nitrogens with two attached hydrogens (primary N) is 1. The van der Waals surface area contributed by atoms with E-state index in [1.54, 1.807) is 0 Å². The van der Waals surface area contributed by atoms with Crippen LogP contribution in [0.15, 0.2) is 36.2 Å². The molecule has 0 amide bonds. The van der Waals surface area contributed by atoms with Gasteiger partial charge in [0.1, 0.15) is 30.2 Å². The van der Waals surface area contributed by atoms with Gasteiger partial charge in [-0.25, -0.2) is 19.3 Å². The molecule has 250 valence electrons. The van der Waals surface area contributed by atoms with Crippen molar-refractivity contribution in [2.24, 2.45) is 0 Å². The second-order valence-electron chi connectivity index (χ2n) is 8.99. The van der Waals surface area contributed by atoms with E-state index in [2.05, 4.69) is 28.1 Å². The topological polar surface area (TPSA) is 404 Å². The molecule has 35 heteroatoms. The van der Waals surface area contributed by atoms with Gasteiger partial charge < -0.3 is 59.0 Å². The maximum Gasteiger partial charge on any atom is 1.00 e. The van der Waals surface area contributed by atoms with E-state index in [4.69, 9.17) is 19.9 Å². The zero-order valence-corrected chi connectivity index (χ0v) is 39.3. The van der Waals surface area contributed by atoms with Crippen molar-refractivity contribution in [3.05, 3.63) is 66.8 Å². The molecule has 2 N–H and O–H groups in total. The van der Waals surface area contributed by atoms with Crippen LogP contribution in [0.2, 0.25) is 0 Å². The van der Waals surface area contributed by atoms with Crippen molar-refractivity contribution in [1.29, 1.82) is 0 Å². The van der Waals surface area contributed by atoms with Crippen molar-refractivity contribution in [3.8, 4) is 0 Å². The maximum atomic E-state index is 12.2. The zero-order valence-electron chi connectivity index (χ0n) is 26.6. The summed E-state index contributed by atoms with van der Waals surface area (Å²) >= 11 is 0. The quantitative estimate of drug-likeness (QED) is 0.0763. The van der Waals surface area contributed by atoms with Crippen LogP contribution in [-0.2, 0) is 41.1 Å². The zero-order chi connectivity index (χ0) is 34.0. The van der Waals surface area contributed by atoms with Gasteiger partial charge in [0.2, 0.25) is 5.71 Å². The summed E-state index contributed by atoms with van der Waals surface area (Å²) in [6.07, 6.45) is -4.27. The van der Waals surface area contributed by atoms with Gasteiger partial charge in [-0.15, -0.1) is 0 Å². The molecule has 0 radical (unpaired) electrons. The SMILES string of the molecule is Nc1ncnc2c1ncn2[C@@H]1O[C@H](COP(=O)([O-])OP(=O)([O-])OP(=O)([O-])[O-])[C@H]2OC3(O[C@H]21)C([N+](=O)[O-])=CC(=[N+]([O-])[O-])C=C3[N+](=O)[O-].[Na+].[Na+].[Na+].[Na+].[Na+]. The average Bonchev–Trinajstić information content (AvgIpc) is 3.58. The molecule has 3 aliphatic rings. The van der Waals surface area contributed by atoms with Crippen LogP contribution in [-0.4, -0.2) is 70.7 Å². The van der Waals surface area contributed by atoms with Crippen molar-refractivity contribution in [2.45, 2.75) is 30.3 Å². The molecule has 0 aromatic carbocycles. The second kappa shape index (κ2) is 19.6. The molecule has 0 bridgehead atoms. The van der Waals surface area contributed by atoms with Gasteiger partial charge in [0.15, 0.2) is 17.7 Å². The molecule has 2 unspecified atom stereocenters. The van der Waals surface area contributed by atoms with Crippen molar-refractivity contribution in [1.82, 2.24) is 19.5 Å². The van der Waals surface area contributed by atoms with E-state index in [0.29, 0.717) is 12.2 Å². The van der Waals surface area contributed by atoms with E-state index in [9.17, 15) is 63.9 Å². The van der Waals surface area contributed by atoms with E-state index in [1.807, 2.05) is 0 Å². The fourth-order valence-corrected chi connectivity index (χ4v) is 7.45. The number of aromatic nitrogens is 4.